The van der Waals surface area contributed by atoms with E-state index >= 15 is 4.39 Å². The molecule has 3 aliphatic rings. The molecule has 3 aromatic rings. The average molecular weight is 608 g/mol. The van der Waals surface area contributed by atoms with Gasteiger partial charge in [0.15, 0.2) is 0 Å². The molecule has 9 heteroatoms. The van der Waals surface area contributed by atoms with Crippen molar-refractivity contribution in [2.45, 2.75) is 52.1 Å². The van der Waals surface area contributed by atoms with Crippen LogP contribution in [0.2, 0.25) is 0 Å². The Morgan fingerprint density at radius 3 is 2.56 bits per heavy atom. The number of esters is 1. The maximum absolute atomic E-state index is 15.4. The molecule has 0 amide bonds. The summed E-state index contributed by atoms with van der Waals surface area (Å²) in [5, 5.41) is 0. The zero-order valence-electron chi connectivity index (χ0n) is 25.3. The minimum atomic E-state index is -0.947. The van der Waals surface area contributed by atoms with Crippen molar-refractivity contribution in [2.24, 2.45) is 5.41 Å². The van der Waals surface area contributed by atoms with Gasteiger partial charge in [0.25, 0.3) is 0 Å². The highest BCUT2D eigenvalue weighted by Gasteiger charge is 2.41. The quantitative estimate of drug-likeness (QED) is 0.270. The molecule has 7 nitrogen and oxygen atoms in total. The molecule has 3 atom stereocenters. The fourth-order valence-corrected chi connectivity index (χ4v) is 7.73. The lowest BCUT2D eigenvalue weighted by molar-refractivity contribution is -0.141. The number of benzene rings is 3. The summed E-state index contributed by atoms with van der Waals surface area (Å²) in [6.45, 7) is 8.78. The molecule has 1 fully saturated rings. The first-order valence-electron chi connectivity index (χ1n) is 14.7. The van der Waals surface area contributed by atoms with Crippen molar-refractivity contribution in [2.75, 3.05) is 39.7 Å². The van der Waals surface area contributed by atoms with Crippen molar-refractivity contribution in [3.05, 3.63) is 76.1 Å². The normalized spacial score (nSPS) is 20.9. The van der Waals surface area contributed by atoms with Gasteiger partial charge in [-0.3, -0.25) is 4.79 Å². The van der Waals surface area contributed by atoms with Crippen molar-refractivity contribution in [3.63, 3.8) is 0 Å². The lowest BCUT2D eigenvalue weighted by Gasteiger charge is -2.45. The molecule has 0 radical (unpaired) electrons. The number of carbonyl (C=O) groups is 1. The summed E-state index contributed by atoms with van der Waals surface area (Å²) in [6.07, 6.45) is 2.94. The highest BCUT2D eigenvalue weighted by atomic mass is 32.2. The van der Waals surface area contributed by atoms with Crippen LogP contribution in [-0.4, -0.2) is 54.2 Å². The Morgan fingerprint density at radius 1 is 1.12 bits per heavy atom. The molecule has 3 aromatic carbocycles. The van der Waals surface area contributed by atoms with E-state index in [1.807, 2.05) is 28.6 Å². The molecular weight excluding hydrogens is 569 g/mol. The molecule has 0 bridgehead atoms. The zero-order valence-corrected chi connectivity index (χ0v) is 26.1. The van der Waals surface area contributed by atoms with E-state index in [1.165, 1.54) is 7.11 Å². The van der Waals surface area contributed by atoms with Gasteiger partial charge in [-0.2, -0.15) is 0 Å². The highest BCUT2D eigenvalue weighted by molar-refractivity contribution is 7.81. The number of halogens is 1. The summed E-state index contributed by atoms with van der Waals surface area (Å²) in [6, 6.07) is 13.2. The molecule has 0 saturated carbocycles. The number of carbonyl (C=O) groups excluding carboxylic acids is 1. The fraction of sp³-hybridized carbons (Fsp3) is 0.441. The Morgan fingerprint density at radius 2 is 1.86 bits per heavy atom. The Bertz CT molecular complexity index is 1580. The molecule has 1 aliphatic carbocycles. The van der Waals surface area contributed by atoms with Gasteiger partial charge in [0.05, 0.1) is 37.7 Å². The van der Waals surface area contributed by atoms with Crippen molar-refractivity contribution in [1.29, 1.82) is 0 Å². The smallest absolute Gasteiger partial charge is 0.306 e. The predicted molar refractivity (Wildman–Crippen MR) is 164 cm³/mol. The molecule has 228 valence electrons. The third-order valence-corrected chi connectivity index (χ3v) is 9.89. The van der Waals surface area contributed by atoms with E-state index in [0.29, 0.717) is 43.1 Å². The molecule has 0 spiro atoms. The number of rotatable bonds is 9. The van der Waals surface area contributed by atoms with E-state index in [0.717, 1.165) is 52.2 Å². The second-order valence-electron chi connectivity index (χ2n) is 12.4. The summed E-state index contributed by atoms with van der Waals surface area (Å²) in [5.41, 5.74) is 6.79. The van der Waals surface area contributed by atoms with Gasteiger partial charge in [-0.25, -0.2) is 12.9 Å². The Hall–Kier alpha value is -3.43. The van der Waals surface area contributed by atoms with E-state index in [-0.39, 0.29) is 29.5 Å². The van der Waals surface area contributed by atoms with Crippen LogP contribution in [0.1, 0.15) is 59.6 Å². The van der Waals surface area contributed by atoms with Gasteiger partial charge in [-0.15, -0.1) is 0 Å². The van der Waals surface area contributed by atoms with E-state index in [4.69, 9.17) is 18.9 Å². The number of aryl methyl sites for hydroxylation is 2. The Kier molecular flexibility index (Phi) is 7.98. The van der Waals surface area contributed by atoms with Gasteiger partial charge in [0.1, 0.15) is 29.2 Å². The maximum Gasteiger partial charge on any atom is 0.306 e. The minimum Gasteiger partial charge on any atom is -0.493 e. The number of nitrogens with zero attached hydrogens (tertiary/aromatic N) is 1. The largest absolute Gasteiger partial charge is 0.493 e. The highest BCUT2D eigenvalue weighted by Crippen LogP contribution is 2.45. The first kappa shape index (κ1) is 29.6. The number of ether oxygens (including phenoxy) is 4. The van der Waals surface area contributed by atoms with Crippen LogP contribution in [0.25, 0.3) is 11.1 Å². The number of hydrogen-bond donors (Lipinski definition) is 0. The first-order valence-corrected chi connectivity index (χ1v) is 16.2. The number of methoxy groups -OCH3 is 1. The zero-order chi connectivity index (χ0) is 30.5. The lowest BCUT2D eigenvalue weighted by Crippen LogP contribution is -2.57. The molecule has 2 aliphatic heterocycles. The summed E-state index contributed by atoms with van der Waals surface area (Å²) in [4.78, 5) is 11.8. The number of hydrogen-bond acceptors (Lipinski definition) is 6. The summed E-state index contributed by atoms with van der Waals surface area (Å²) in [7, 11) is 0.437. The van der Waals surface area contributed by atoms with Crippen LogP contribution in [0.5, 0.6) is 17.2 Å². The van der Waals surface area contributed by atoms with E-state index in [2.05, 4.69) is 32.9 Å². The third kappa shape index (κ3) is 5.77. The maximum atomic E-state index is 15.4. The van der Waals surface area contributed by atoms with E-state index in [1.54, 1.807) is 12.3 Å². The molecule has 2 heterocycles. The summed E-state index contributed by atoms with van der Waals surface area (Å²) in [5.74, 6) is 1.53. The van der Waals surface area contributed by atoms with Gasteiger partial charge in [-0.05, 0) is 78.8 Å². The van der Waals surface area contributed by atoms with Crippen LogP contribution in [0.15, 0.2) is 42.5 Å². The van der Waals surface area contributed by atoms with Gasteiger partial charge < -0.3 is 18.9 Å². The van der Waals surface area contributed by atoms with Crippen molar-refractivity contribution in [3.8, 4) is 28.4 Å². The number of fused-ring (bicyclic) bond motifs is 2. The van der Waals surface area contributed by atoms with Crippen molar-refractivity contribution < 1.29 is 32.3 Å². The van der Waals surface area contributed by atoms with Crippen molar-refractivity contribution in [1.82, 2.24) is 4.31 Å². The molecule has 1 saturated heterocycles. The molecule has 0 aromatic heterocycles. The monoisotopic (exact) mass is 607 g/mol. The second-order valence-corrected chi connectivity index (χ2v) is 13.7. The average Bonchev–Trinajstić information content (AvgIpc) is 3.55. The molecule has 0 N–H and O–H groups in total. The molecular formula is C34H38FNO6S. The van der Waals surface area contributed by atoms with Gasteiger partial charge in [-0.1, -0.05) is 19.1 Å². The van der Waals surface area contributed by atoms with Crippen LogP contribution >= 0.6 is 0 Å². The fourth-order valence-electron chi connectivity index (χ4n) is 6.74. The van der Waals surface area contributed by atoms with Crippen LogP contribution in [-0.2, 0) is 26.9 Å². The molecule has 6 rings (SSSR count). The lowest BCUT2D eigenvalue weighted by atomic mass is 9.85. The van der Waals surface area contributed by atoms with Crippen molar-refractivity contribution >= 4 is 17.0 Å². The summed E-state index contributed by atoms with van der Waals surface area (Å²) < 4.78 is 52.2. The van der Waals surface area contributed by atoms with E-state index in [9.17, 15) is 9.00 Å². The second kappa shape index (κ2) is 11.6. The third-order valence-electron chi connectivity index (χ3n) is 8.91. The van der Waals surface area contributed by atoms with Gasteiger partial charge >= 0.3 is 5.97 Å². The first-order chi connectivity index (χ1) is 20.5. The Labute approximate surface area is 254 Å². The standard InChI is InChI=1S/C34H38FNO6S/c1-20-12-24(41-19-34(3)17-36(18-34)43(5)38)13-21(2)32(20)26-8-10-28(35)33-27(26)9-11-29(33)42-23-6-7-25-22(14-31(37)39-4)16-40-30(25)15-23/h6-8,10,12-13,15,22,29H,9,11,14,16-19H2,1-5H3/t22-,29-,43?/m1/s1. The molecule has 1 unspecified atom stereocenters. The summed E-state index contributed by atoms with van der Waals surface area (Å²) >= 11 is 0. The van der Waals surface area contributed by atoms with Crippen LogP contribution in [0, 0.1) is 25.1 Å². The van der Waals surface area contributed by atoms with E-state index < -0.39 is 17.1 Å². The predicted octanol–water partition coefficient (Wildman–Crippen LogP) is 6.21. The van der Waals surface area contributed by atoms with Gasteiger partial charge in [0.2, 0.25) is 0 Å². The Balaban J connectivity index is 1.20. The van der Waals surface area contributed by atoms with Crippen LogP contribution in [0.4, 0.5) is 4.39 Å². The molecule has 43 heavy (non-hydrogen) atoms. The van der Waals surface area contributed by atoms with Crippen LogP contribution in [0.3, 0.4) is 0 Å². The SMILES string of the molecule is COC(=O)C[C@@H]1COc2cc(O[C@@H]3CCc4c(-c5c(C)cc(OCC6(C)CN(S(C)=O)C6)cc5C)ccc(F)c43)ccc21. The minimum absolute atomic E-state index is 0.0192. The topological polar surface area (TPSA) is 74.3 Å². The van der Waals surface area contributed by atoms with Gasteiger partial charge in [0, 0.05) is 47.9 Å². The van der Waals surface area contributed by atoms with Crippen LogP contribution < -0.4 is 14.2 Å².